The molecule has 0 unspecified atom stereocenters. The van der Waals surface area contributed by atoms with Crippen molar-refractivity contribution in [1.29, 1.82) is 0 Å². The van der Waals surface area contributed by atoms with Crippen molar-refractivity contribution in [3.63, 3.8) is 0 Å². The molecule has 2 aliphatic rings. The predicted molar refractivity (Wildman–Crippen MR) is 113 cm³/mol. The van der Waals surface area contributed by atoms with Gasteiger partial charge in [-0.25, -0.2) is 9.97 Å². The Bertz CT molecular complexity index is 955. The molecule has 0 atom stereocenters. The normalized spacial score (nSPS) is 16.6. The first-order valence-electron chi connectivity index (χ1n) is 9.79. The molecule has 0 amide bonds. The van der Waals surface area contributed by atoms with Gasteiger partial charge in [-0.1, -0.05) is 12.1 Å². The Morgan fingerprint density at radius 2 is 1.89 bits per heavy atom. The van der Waals surface area contributed by atoms with E-state index in [0.29, 0.717) is 0 Å². The highest BCUT2D eigenvalue weighted by Gasteiger charge is 2.19. The van der Waals surface area contributed by atoms with Gasteiger partial charge in [0.25, 0.3) is 0 Å². The van der Waals surface area contributed by atoms with Crippen LogP contribution in [0.3, 0.4) is 0 Å². The van der Waals surface area contributed by atoms with Crippen LogP contribution in [0.5, 0.6) is 0 Å². The van der Waals surface area contributed by atoms with Crippen LogP contribution in [0, 0.1) is 6.92 Å². The van der Waals surface area contributed by atoms with Gasteiger partial charge in [0.15, 0.2) is 0 Å². The summed E-state index contributed by atoms with van der Waals surface area (Å²) < 4.78 is 0. The monoisotopic (exact) mass is 376 g/mol. The Morgan fingerprint density at radius 1 is 1.04 bits per heavy atom. The number of anilines is 1. The molecule has 0 bridgehead atoms. The highest BCUT2D eigenvalue weighted by molar-refractivity contribution is 7.15. The number of nitrogens with zero attached hydrogens (tertiary/aromatic N) is 3. The Hall–Kier alpha value is -2.24. The van der Waals surface area contributed by atoms with Crippen molar-refractivity contribution in [2.24, 2.45) is 0 Å². The standard InChI is InChI=1S/C22H24N4S/c1-15-25-20-4-2-3-16-5-6-17(13-19(16)22(20)27-15)18-7-8-21(24-14-18)26-11-9-23-10-12-26/h5-8,13-14,23H,2-4,9-12H2,1H3. The lowest BCUT2D eigenvalue weighted by Gasteiger charge is -2.28. The molecule has 4 nitrogen and oxygen atoms in total. The summed E-state index contributed by atoms with van der Waals surface area (Å²) in [6.07, 6.45) is 5.43. The molecule has 27 heavy (non-hydrogen) atoms. The third kappa shape index (κ3) is 3.26. The van der Waals surface area contributed by atoms with E-state index in [9.17, 15) is 0 Å². The molecule has 1 aliphatic heterocycles. The van der Waals surface area contributed by atoms with Gasteiger partial charge in [-0.05, 0) is 61.1 Å². The number of aryl methyl sites for hydroxylation is 3. The van der Waals surface area contributed by atoms with Crippen molar-refractivity contribution >= 4 is 17.2 Å². The van der Waals surface area contributed by atoms with Crippen molar-refractivity contribution in [3.05, 3.63) is 52.8 Å². The van der Waals surface area contributed by atoms with Gasteiger partial charge in [0, 0.05) is 37.9 Å². The van der Waals surface area contributed by atoms with Gasteiger partial charge in [0.1, 0.15) is 5.82 Å². The van der Waals surface area contributed by atoms with Crippen LogP contribution in [0.1, 0.15) is 22.7 Å². The predicted octanol–water partition coefficient (Wildman–Crippen LogP) is 4.08. The number of hydrogen-bond donors (Lipinski definition) is 1. The number of hydrogen-bond acceptors (Lipinski definition) is 5. The average molecular weight is 377 g/mol. The van der Waals surface area contributed by atoms with Gasteiger partial charge in [0.2, 0.25) is 0 Å². The molecule has 3 aromatic rings. The lowest BCUT2D eigenvalue weighted by molar-refractivity contribution is 0.585. The van der Waals surface area contributed by atoms with E-state index in [1.807, 2.05) is 17.5 Å². The molecule has 1 N–H and O–H groups in total. The molecule has 1 aromatic carbocycles. The van der Waals surface area contributed by atoms with E-state index in [1.54, 1.807) is 0 Å². The third-order valence-corrected chi connectivity index (χ3v) is 6.59. The minimum Gasteiger partial charge on any atom is -0.354 e. The summed E-state index contributed by atoms with van der Waals surface area (Å²) in [4.78, 5) is 13.2. The molecule has 138 valence electrons. The van der Waals surface area contributed by atoms with Crippen LogP contribution in [0.2, 0.25) is 0 Å². The largest absolute Gasteiger partial charge is 0.354 e. The number of thiazole rings is 1. The summed E-state index contributed by atoms with van der Waals surface area (Å²) in [5.74, 6) is 1.08. The van der Waals surface area contributed by atoms with E-state index in [4.69, 9.17) is 9.97 Å². The molecule has 1 aliphatic carbocycles. The van der Waals surface area contributed by atoms with Crippen molar-refractivity contribution in [3.8, 4) is 21.6 Å². The number of pyridine rings is 1. The molecular formula is C22H24N4S. The first-order valence-corrected chi connectivity index (χ1v) is 10.6. The summed E-state index contributed by atoms with van der Waals surface area (Å²) in [6.45, 7) is 6.23. The van der Waals surface area contributed by atoms with Crippen LogP contribution in [0.4, 0.5) is 5.82 Å². The number of piperazine rings is 1. The lowest BCUT2D eigenvalue weighted by atomic mass is 9.98. The van der Waals surface area contributed by atoms with Gasteiger partial charge in [-0.3, -0.25) is 0 Å². The fourth-order valence-electron chi connectivity index (χ4n) is 4.12. The van der Waals surface area contributed by atoms with E-state index in [-0.39, 0.29) is 0 Å². The Morgan fingerprint density at radius 3 is 2.70 bits per heavy atom. The fraction of sp³-hybridized carbons (Fsp3) is 0.364. The smallest absolute Gasteiger partial charge is 0.128 e. The van der Waals surface area contributed by atoms with Crippen molar-refractivity contribution in [1.82, 2.24) is 15.3 Å². The van der Waals surface area contributed by atoms with Gasteiger partial charge >= 0.3 is 0 Å². The second kappa shape index (κ2) is 7.06. The van der Waals surface area contributed by atoms with E-state index in [1.165, 1.54) is 44.3 Å². The van der Waals surface area contributed by atoms with E-state index >= 15 is 0 Å². The van der Waals surface area contributed by atoms with Gasteiger partial charge in [-0.2, -0.15) is 0 Å². The molecule has 0 saturated carbocycles. The van der Waals surface area contributed by atoms with Crippen LogP contribution >= 0.6 is 11.3 Å². The van der Waals surface area contributed by atoms with Crippen molar-refractivity contribution < 1.29 is 0 Å². The van der Waals surface area contributed by atoms with Crippen LogP contribution in [0.15, 0.2) is 36.5 Å². The highest BCUT2D eigenvalue weighted by atomic mass is 32.1. The molecule has 0 spiro atoms. The average Bonchev–Trinajstić information content (AvgIpc) is 3.01. The second-order valence-corrected chi connectivity index (χ2v) is 8.58. The SMILES string of the molecule is Cc1nc2c(s1)-c1cc(-c3ccc(N4CCNCC4)nc3)ccc1CCC2. The topological polar surface area (TPSA) is 41.1 Å². The third-order valence-electron chi connectivity index (χ3n) is 5.54. The molecular weight excluding hydrogens is 352 g/mol. The number of benzene rings is 1. The summed E-state index contributed by atoms with van der Waals surface area (Å²) in [6, 6.07) is 11.3. The molecule has 1 saturated heterocycles. The van der Waals surface area contributed by atoms with Crippen molar-refractivity contribution in [2.75, 3.05) is 31.1 Å². The zero-order valence-corrected chi connectivity index (χ0v) is 16.5. The summed E-state index contributed by atoms with van der Waals surface area (Å²) in [7, 11) is 0. The maximum absolute atomic E-state index is 4.77. The van der Waals surface area contributed by atoms with Crippen LogP contribution in [0.25, 0.3) is 21.6 Å². The minimum atomic E-state index is 1.03. The zero-order valence-electron chi connectivity index (χ0n) is 15.7. The van der Waals surface area contributed by atoms with Gasteiger partial charge < -0.3 is 10.2 Å². The Balaban J connectivity index is 1.49. The van der Waals surface area contributed by atoms with Crippen LogP contribution in [-0.2, 0) is 12.8 Å². The van der Waals surface area contributed by atoms with E-state index < -0.39 is 0 Å². The molecule has 0 radical (unpaired) electrons. The van der Waals surface area contributed by atoms with Crippen LogP contribution < -0.4 is 10.2 Å². The quantitative estimate of drug-likeness (QED) is 0.732. The minimum absolute atomic E-state index is 1.03. The second-order valence-electron chi connectivity index (χ2n) is 7.38. The molecule has 5 heteroatoms. The molecule has 5 rings (SSSR count). The van der Waals surface area contributed by atoms with Crippen molar-refractivity contribution in [2.45, 2.75) is 26.2 Å². The summed E-state index contributed by atoms with van der Waals surface area (Å²) in [5.41, 5.74) is 6.53. The summed E-state index contributed by atoms with van der Waals surface area (Å²) >= 11 is 1.83. The van der Waals surface area contributed by atoms with Gasteiger partial charge in [0.05, 0.1) is 15.6 Å². The van der Waals surface area contributed by atoms with Crippen LogP contribution in [-0.4, -0.2) is 36.1 Å². The number of nitrogens with one attached hydrogen (secondary N) is 1. The lowest BCUT2D eigenvalue weighted by Crippen LogP contribution is -2.43. The van der Waals surface area contributed by atoms with Gasteiger partial charge in [-0.15, -0.1) is 11.3 Å². The molecule has 2 aromatic heterocycles. The first-order chi connectivity index (χ1) is 13.3. The number of fused-ring (bicyclic) bond motifs is 3. The fourth-order valence-corrected chi connectivity index (χ4v) is 5.14. The number of rotatable bonds is 2. The number of aromatic nitrogens is 2. The maximum Gasteiger partial charge on any atom is 0.128 e. The summed E-state index contributed by atoms with van der Waals surface area (Å²) in [5, 5.41) is 4.56. The maximum atomic E-state index is 4.77. The first kappa shape index (κ1) is 16.9. The van der Waals surface area contributed by atoms with E-state index in [2.05, 4.69) is 47.5 Å². The zero-order chi connectivity index (χ0) is 18.2. The van der Waals surface area contributed by atoms with E-state index in [0.717, 1.165) is 44.8 Å². The Kier molecular flexibility index (Phi) is 4.42. The molecule has 3 heterocycles. The molecule has 1 fully saturated rings. The Labute approximate surface area is 164 Å². The highest BCUT2D eigenvalue weighted by Crippen LogP contribution is 2.38.